The lowest BCUT2D eigenvalue weighted by Crippen LogP contribution is -2.40. The number of likely N-dealkylation sites (tertiary alicyclic amines) is 1. The number of amides is 1. The van der Waals surface area contributed by atoms with Gasteiger partial charge in [-0.1, -0.05) is 31.9 Å². The summed E-state index contributed by atoms with van der Waals surface area (Å²) in [6.07, 6.45) is 7.33. The Kier molecular flexibility index (Phi) is 5.25. The summed E-state index contributed by atoms with van der Waals surface area (Å²) in [6.45, 7) is 4.29. The van der Waals surface area contributed by atoms with Gasteiger partial charge in [0.1, 0.15) is 11.5 Å². The minimum atomic E-state index is -0.637. The SMILES string of the molecule is CCCCCOC(=O)[C@H]1[C@@H]2C=C[C@]3(CN(CCCOC)C(=O)[C@H]13)O2. The maximum Gasteiger partial charge on any atom is 0.312 e. The van der Waals surface area contributed by atoms with Crippen molar-refractivity contribution < 1.29 is 23.8 Å². The number of hydrogen-bond acceptors (Lipinski definition) is 5. The molecule has 3 heterocycles. The standard InChI is InChI=1S/C18H27NO5/c1-3-4-5-11-23-17(21)14-13-7-8-18(24-13)12-19(9-6-10-22-2)16(20)15(14)18/h7-8,13-15H,3-6,9-12H2,1-2H3/t13-,14-,15-,18+/m0/s1. The summed E-state index contributed by atoms with van der Waals surface area (Å²) in [5.74, 6) is -1.22. The second-order valence-electron chi connectivity index (χ2n) is 6.88. The van der Waals surface area contributed by atoms with Crippen LogP contribution >= 0.6 is 0 Å². The summed E-state index contributed by atoms with van der Waals surface area (Å²) in [7, 11) is 1.65. The number of nitrogens with zero attached hydrogens (tertiary/aromatic N) is 1. The van der Waals surface area contributed by atoms with Crippen molar-refractivity contribution in [3.8, 4) is 0 Å². The lowest BCUT2D eigenvalue weighted by Gasteiger charge is -2.22. The number of rotatable bonds is 9. The molecule has 2 fully saturated rings. The van der Waals surface area contributed by atoms with Gasteiger partial charge in [-0.25, -0.2) is 0 Å². The highest BCUT2D eigenvalue weighted by Crippen LogP contribution is 2.52. The topological polar surface area (TPSA) is 65.1 Å². The van der Waals surface area contributed by atoms with E-state index in [9.17, 15) is 9.59 Å². The number of unbranched alkanes of at least 4 members (excludes halogenated alkanes) is 2. The Labute approximate surface area is 143 Å². The van der Waals surface area contributed by atoms with E-state index in [1.54, 1.807) is 12.0 Å². The van der Waals surface area contributed by atoms with Gasteiger partial charge >= 0.3 is 5.97 Å². The molecule has 0 aromatic rings. The fourth-order valence-electron chi connectivity index (χ4n) is 4.06. The van der Waals surface area contributed by atoms with Gasteiger partial charge in [0, 0.05) is 20.3 Å². The number of ether oxygens (including phenoxy) is 3. The van der Waals surface area contributed by atoms with Crippen LogP contribution in [-0.2, 0) is 23.8 Å². The van der Waals surface area contributed by atoms with Crippen LogP contribution in [0.2, 0.25) is 0 Å². The number of carbonyl (C=O) groups is 2. The molecule has 4 atom stereocenters. The van der Waals surface area contributed by atoms with Crippen LogP contribution in [0.25, 0.3) is 0 Å². The van der Waals surface area contributed by atoms with Crippen LogP contribution in [0, 0.1) is 11.8 Å². The van der Waals surface area contributed by atoms with Gasteiger partial charge in [0.2, 0.25) is 5.91 Å². The molecule has 134 valence electrons. The van der Waals surface area contributed by atoms with Crippen molar-refractivity contribution in [3.63, 3.8) is 0 Å². The molecule has 0 aromatic carbocycles. The van der Waals surface area contributed by atoms with E-state index in [4.69, 9.17) is 14.2 Å². The first kappa shape index (κ1) is 17.4. The molecule has 2 bridgehead atoms. The van der Waals surface area contributed by atoms with Crippen LogP contribution in [0.3, 0.4) is 0 Å². The first-order valence-electron chi connectivity index (χ1n) is 8.94. The molecule has 3 aliphatic heterocycles. The monoisotopic (exact) mass is 337 g/mol. The van der Waals surface area contributed by atoms with Gasteiger partial charge in [0.05, 0.1) is 25.2 Å². The van der Waals surface area contributed by atoms with E-state index in [1.165, 1.54) is 0 Å². The molecule has 0 aliphatic carbocycles. The van der Waals surface area contributed by atoms with Crippen LogP contribution in [0.1, 0.15) is 32.6 Å². The van der Waals surface area contributed by atoms with Gasteiger partial charge in [-0.3, -0.25) is 9.59 Å². The van der Waals surface area contributed by atoms with Crippen LogP contribution in [0.15, 0.2) is 12.2 Å². The lowest BCUT2D eigenvalue weighted by molar-refractivity contribution is -0.154. The molecule has 0 N–H and O–H groups in total. The Morgan fingerprint density at radius 2 is 2.21 bits per heavy atom. The van der Waals surface area contributed by atoms with Crippen molar-refractivity contribution in [2.75, 3.05) is 33.4 Å². The molecule has 0 unspecified atom stereocenters. The third-order valence-electron chi connectivity index (χ3n) is 5.22. The van der Waals surface area contributed by atoms with E-state index in [-0.39, 0.29) is 18.0 Å². The molecule has 2 saturated heterocycles. The zero-order chi connectivity index (χ0) is 17.2. The van der Waals surface area contributed by atoms with Crippen LogP contribution in [-0.4, -0.2) is 61.9 Å². The molecule has 1 spiro atoms. The van der Waals surface area contributed by atoms with Gasteiger partial charge < -0.3 is 19.1 Å². The van der Waals surface area contributed by atoms with Crippen molar-refractivity contribution in [1.82, 2.24) is 4.90 Å². The molecule has 0 saturated carbocycles. The predicted molar refractivity (Wildman–Crippen MR) is 87.3 cm³/mol. The first-order chi connectivity index (χ1) is 11.6. The summed E-state index contributed by atoms with van der Waals surface area (Å²) < 4.78 is 16.5. The summed E-state index contributed by atoms with van der Waals surface area (Å²) in [5.41, 5.74) is -0.637. The summed E-state index contributed by atoms with van der Waals surface area (Å²) in [5, 5.41) is 0. The molecular formula is C18H27NO5. The maximum atomic E-state index is 12.8. The minimum Gasteiger partial charge on any atom is -0.465 e. The van der Waals surface area contributed by atoms with E-state index >= 15 is 0 Å². The Hall–Kier alpha value is -1.40. The summed E-state index contributed by atoms with van der Waals surface area (Å²) in [4.78, 5) is 27.1. The van der Waals surface area contributed by atoms with Crippen molar-refractivity contribution in [1.29, 1.82) is 0 Å². The van der Waals surface area contributed by atoms with Gasteiger partial charge in [-0.15, -0.1) is 0 Å². The van der Waals surface area contributed by atoms with Gasteiger partial charge in [0.25, 0.3) is 0 Å². The summed E-state index contributed by atoms with van der Waals surface area (Å²) in [6, 6.07) is 0. The Morgan fingerprint density at radius 1 is 1.38 bits per heavy atom. The minimum absolute atomic E-state index is 0.00783. The maximum absolute atomic E-state index is 12.8. The van der Waals surface area contributed by atoms with Gasteiger partial charge in [-0.2, -0.15) is 0 Å². The highest BCUT2D eigenvalue weighted by atomic mass is 16.6. The zero-order valence-corrected chi connectivity index (χ0v) is 14.5. The number of esters is 1. The van der Waals surface area contributed by atoms with Gasteiger partial charge in [-0.05, 0) is 12.8 Å². The highest BCUT2D eigenvalue weighted by molar-refractivity contribution is 5.91. The fourth-order valence-corrected chi connectivity index (χ4v) is 4.06. The van der Waals surface area contributed by atoms with Gasteiger partial charge in [0.15, 0.2) is 0 Å². The number of carbonyl (C=O) groups excluding carboxylic acids is 2. The Balaban J connectivity index is 1.64. The number of methoxy groups -OCH3 is 1. The molecule has 3 rings (SSSR count). The second-order valence-corrected chi connectivity index (χ2v) is 6.88. The zero-order valence-electron chi connectivity index (χ0n) is 14.5. The Morgan fingerprint density at radius 3 is 2.96 bits per heavy atom. The molecule has 0 aromatic heterocycles. The van der Waals surface area contributed by atoms with Crippen LogP contribution in [0.5, 0.6) is 0 Å². The fraction of sp³-hybridized carbons (Fsp3) is 0.778. The molecule has 24 heavy (non-hydrogen) atoms. The van der Waals surface area contributed by atoms with E-state index in [0.717, 1.165) is 25.7 Å². The predicted octanol–water partition coefficient (Wildman–Crippen LogP) is 1.54. The van der Waals surface area contributed by atoms with E-state index in [1.807, 2.05) is 12.2 Å². The summed E-state index contributed by atoms with van der Waals surface area (Å²) >= 11 is 0. The molecule has 1 amide bonds. The van der Waals surface area contributed by atoms with Crippen LogP contribution in [0.4, 0.5) is 0 Å². The van der Waals surface area contributed by atoms with Crippen molar-refractivity contribution in [2.45, 2.75) is 44.3 Å². The Bertz CT molecular complexity index is 520. The van der Waals surface area contributed by atoms with E-state index in [0.29, 0.717) is 26.3 Å². The third kappa shape index (κ3) is 2.97. The van der Waals surface area contributed by atoms with Crippen molar-refractivity contribution in [3.05, 3.63) is 12.2 Å². The molecular weight excluding hydrogens is 310 g/mol. The molecule has 3 aliphatic rings. The normalized spacial score (nSPS) is 33.3. The molecule has 6 nitrogen and oxygen atoms in total. The first-order valence-corrected chi connectivity index (χ1v) is 8.94. The molecule has 6 heteroatoms. The van der Waals surface area contributed by atoms with Crippen LogP contribution < -0.4 is 0 Å². The quantitative estimate of drug-likeness (QED) is 0.363. The number of fused-ring (bicyclic) bond motifs is 1. The molecule has 0 radical (unpaired) electrons. The second kappa shape index (κ2) is 7.23. The van der Waals surface area contributed by atoms with Crippen molar-refractivity contribution in [2.24, 2.45) is 11.8 Å². The smallest absolute Gasteiger partial charge is 0.312 e. The number of hydrogen-bond donors (Lipinski definition) is 0. The average Bonchev–Trinajstić information content (AvgIpc) is 3.20. The van der Waals surface area contributed by atoms with Crippen molar-refractivity contribution >= 4 is 11.9 Å². The third-order valence-corrected chi connectivity index (χ3v) is 5.22. The largest absolute Gasteiger partial charge is 0.465 e. The lowest BCUT2D eigenvalue weighted by atomic mass is 9.77. The van der Waals surface area contributed by atoms with E-state index < -0.39 is 17.4 Å². The average molecular weight is 337 g/mol. The van der Waals surface area contributed by atoms with E-state index in [2.05, 4.69) is 6.92 Å². The highest BCUT2D eigenvalue weighted by Gasteiger charge is 2.67.